The Morgan fingerprint density at radius 2 is 2.07 bits per heavy atom. The van der Waals surface area contributed by atoms with Crippen LogP contribution < -0.4 is 0 Å². The summed E-state index contributed by atoms with van der Waals surface area (Å²) in [5, 5.41) is 8.93. The molecule has 1 N–H and O–H groups in total. The Labute approximate surface area is 83.8 Å². The van der Waals surface area contributed by atoms with E-state index in [4.69, 9.17) is 5.26 Å². The Balaban J connectivity index is 2.58. The number of allylic oxidation sites excluding steroid dienone is 1. The van der Waals surface area contributed by atoms with Gasteiger partial charge in [-0.3, -0.25) is 5.26 Å². The van der Waals surface area contributed by atoms with E-state index in [0.29, 0.717) is 5.92 Å². The summed E-state index contributed by atoms with van der Waals surface area (Å²) in [7, 11) is 0. The predicted octanol–water partition coefficient (Wildman–Crippen LogP) is 3.06. The Morgan fingerprint density at radius 3 is 2.79 bits per heavy atom. The molecule has 0 radical (unpaired) electrons. The summed E-state index contributed by atoms with van der Waals surface area (Å²) < 4.78 is 0. The van der Waals surface area contributed by atoms with Crippen molar-refractivity contribution in [2.45, 2.75) is 25.4 Å². The predicted molar refractivity (Wildman–Crippen MR) is 55.1 cm³/mol. The quantitative estimate of drug-likeness (QED) is 0.322. The van der Waals surface area contributed by atoms with Crippen LogP contribution >= 0.6 is 0 Å². The van der Waals surface area contributed by atoms with Crippen LogP contribution in [0.15, 0.2) is 36.4 Å². The summed E-state index contributed by atoms with van der Waals surface area (Å²) in [4.78, 5) is 4.57. The van der Waals surface area contributed by atoms with E-state index in [1.807, 2.05) is 31.2 Å². The third kappa shape index (κ3) is 1.27. The van der Waals surface area contributed by atoms with Crippen molar-refractivity contribution in [3.05, 3.63) is 47.5 Å². The number of fused-ring (bicyclic) bond motifs is 1. The lowest BCUT2D eigenvalue weighted by molar-refractivity contribution is -0.308. The molecule has 0 saturated carbocycles. The Bertz CT molecular complexity index is 370. The second-order valence-corrected chi connectivity index (χ2v) is 3.93. The molecular weight excluding hydrogens is 180 g/mol. The highest BCUT2D eigenvalue weighted by molar-refractivity contribution is 5.42. The molecule has 0 saturated heterocycles. The van der Waals surface area contributed by atoms with Gasteiger partial charge in [-0.1, -0.05) is 37.3 Å². The van der Waals surface area contributed by atoms with E-state index in [0.717, 1.165) is 5.56 Å². The first-order valence-corrected chi connectivity index (χ1v) is 4.79. The molecule has 0 bridgehead atoms. The topological polar surface area (TPSA) is 29.5 Å². The van der Waals surface area contributed by atoms with Gasteiger partial charge in [-0.2, -0.15) is 0 Å². The standard InChI is InChI=1S/C12H14O2/c1-9-7-8-12(2,14-13)11-6-4-3-5-10(9)11/h3-9,13H,1-2H3/i13+2,14+2. The number of rotatable bonds is 1. The van der Waals surface area contributed by atoms with Crippen LogP contribution in [0.5, 0.6) is 0 Å². The van der Waals surface area contributed by atoms with Gasteiger partial charge in [0.15, 0.2) is 0 Å². The van der Waals surface area contributed by atoms with Crippen molar-refractivity contribution in [3.63, 3.8) is 0 Å². The van der Waals surface area contributed by atoms with Crippen LogP contribution in [0, 0.1) is 0 Å². The van der Waals surface area contributed by atoms with Gasteiger partial charge in [0.2, 0.25) is 0 Å². The van der Waals surface area contributed by atoms with Crippen LogP contribution in [0.1, 0.15) is 30.9 Å². The highest BCUT2D eigenvalue weighted by atomic mass is 19.1. The lowest BCUT2D eigenvalue weighted by Gasteiger charge is -2.30. The molecule has 14 heavy (non-hydrogen) atoms. The van der Waals surface area contributed by atoms with Gasteiger partial charge in [0.1, 0.15) is 5.60 Å². The van der Waals surface area contributed by atoms with Crippen molar-refractivity contribution in [1.82, 2.24) is 0 Å². The highest BCUT2D eigenvalue weighted by Gasteiger charge is 2.31. The zero-order valence-corrected chi connectivity index (χ0v) is 8.40. The summed E-state index contributed by atoms with van der Waals surface area (Å²) in [6.45, 7) is 3.99. The van der Waals surface area contributed by atoms with Gasteiger partial charge in [-0.15, -0.1) is 0 Å². The Hall–Kier alpha value is -1.12. The molecule has 2 unspecified atom stereocenters. The molecule has 0 spiro atoms. The maximum Gasteiger partial charge on any atom is 0.144 e. The van der Waals surface area contributed by atoms with Crippen molar-refractivity contribution < 1.29 is 10.1 Å². The summed E-state index contributed by atoms with van der Waals surface area (Å²) in [5.41, 5.74) is 1.56. The molecule has 0 aromatic heterocycles. The van der Waals surface area contributed by atoms with E-state index in [1.165, 1.54) is 5.56 Å². The molecule has 2 atom stereocenters. The van der Waals surface area contributed by atoms with Crippen molar-refractivity contribution in [3.8, 4) is 0 Å². The molecule has 0 heterocycles. The second kappa shape index (κ2) is 3.23. The molecule has 0 fully saturated rings. The number of hydrogen-bond donors (Lipinski definition) is 1. The summed E-state index contributed by atoms with van der Waals surface area (Å²) in [6.07, 6.45) is 3.96. The summed E-state index contributed by atoms with van der Waals surface area (Å²) in [5.74, 6) is 0.384. The fourth-order valence-electron chi connectivity index (χ4n) is 1.95. The van der Waals surface area contributed by atoms with Crippen molar-refractivity contribution in [2.75, 3.05) is 0 Å². The Morgan fingerprint density at radius 1 is 1.36 bits per heavy atom. The van der Waals surface area contributed by atoms with Gasteiger partial charge in [0.25, 0.3) is 0 Å². The number of hydrogen-bond acceptors (Lipinski definition) is 2. The zero-order valence-electron chi connectivity index (χ0n) is 8.40. The minimum Gasteiger partial charge on any atom is -0.251 e. The molecule has 1 aromatic rings. The first kappa shape index (κ1) is 9.44. The van der Waals surface area contributed by atoms with E-state index in [2.05, 4.69) is 24.0 Å². The molecule has 2 heteroatoms. The average Bonchev–Trinajstić information content (AvgIpc) is 2.24. The second-order valence-electron chi connectivity index (χ2n) is 3.93. The first-order valence-electron chi connectivity index (χ1n) is 4.79. The van der Waals surface area contributed by atoms with Crippen molar-refractivity contribution in [1.29, 1.82) is 0 Å². The van der Waals surface area contributed by atoms with E-state index < -0.39 is 5.60 Å². The largest absolute Gasteiger partial charge is 0.251 e. The van der Waals surface area contributed by atoms with E-state index >= 15 is 0 Å². The van der Waals surface area contributed by atoms with Crippen molar-refractivity contribution in [2.24, 2.45) is 0 Å². The molecule has 0 aliphatic heterocycles. The Kier molecular flexibility index (Phi) is 2.17. The van der Waals surface area contributed by atoms with Crippen LogP contribution in [0.25, 0.3) is 0 Å². The van der Waals surface area contributed by atoms with Gasteiger partial charge < -0.3 is 0 Å². The van der Waals surface area contributed by atoms with E-state index in [1.54, 1.807) is 0 Å². The maximum absolute atomic E-state index is 8.93. The smallest absolute Gasteiger partial charge is 0.144 e. The molecule has 2 rings (SSSR count). The molecule has 74 valence electrons. The van der Waals surface area contributed by atoms with Gasteiger partial charge in [0, 0.05) is 0 Å². The summed E-state index contributed by atoms with van der Waals surface area (Å²) >= 11 is 0. The SMILES string of the molecule is CC1C=CC(C)([18O][18OH])c2ccccc21. The van der Waals surface area contributed by atoms with Crippen molar-refractivity contribution >= 4 is 0 Å². The molecule has 0 amide bonds. The van der Waals surface area contributed by atoms with Crippen LogP contribution in [0.2, 0.25) is 0 Å². The minimum absolute atomic E-state index is 0.384. The van der Waals surface area contributed by atoms with Crippen LogP contribution in [0.4, 0.5) is 0 Å². The molecule has 1 aliphatic rings. The zero-order chi connectivity index (χ0) is 10.2. The van der Waals surface area contributed by atoms with Gasteiger partial charge in [-0.05, 0) is 30.0 Å². The molecular formula is C12H14O2. The first-order chi connectivity index (χ1) is 6.67. The van der Waals surface area contributed by atoms with Crippen LogP contribution in [-0.2, 0) is 10.5 Å². The minimum atomic E-state index is -0.691. The fourth-order valence-corrected chi connectivity index (χ4v) is 1.95. The normalized spacial score (nSPS) is 30.1. The summed E-state index contributed by atoms with van der Waals surface area (Å²) in [6, 6.07) is 8.03. The van der Waals surface area contributed by atoms with E-state index in [9.17, 15) is 0 Å². The fraction of sp³-hybridized carbons (Fsp3) is 0.333. The molecule has 1 aliphatic carbocycles. The van der Waals surface area contributed by atoms with Gasteiger partial charge in [-0.25, -0.2) is 4.89 Å². The molecule has 1 aromatic carbocycles. The number of benzene rings is 1. The van der Waals surface area contributed by atoms with Crippen LogP contribution in [-0.4, -0.2) is 5.26 Å². The third-order valence-electron chi connectivity index (χ3n) is 2.88. The highest BCUT2D eigenvalue weighted by Crippen LogP contribution is 2.37. The monoisotopic (exact) mass is 194 g/mol. The van der Waals surface area contributed by atoms with E-state index in [-0.39, 0.29) is 0 Å². The average molecular weight is 194 g/mol. The third-order valence-corrected chi connectivity index (χ3v) is 2.88. The van der Waals surface area contributed by atoms with Gasteiger partial charge in [0.05, 0.1) is 0 Å². The lowest BCUT2D eigenvalue weighted by Crippen LogP contribution is -2.26. The van der Waals surface area contributed by atoms with Crippen LogP contribution in [0.3, 0.4) is 0 Å². The van der Waals surface area contributed by atoms with Gasteiger partial charge >= 0.3 is 0 Å². The lowest BCUT2D eigenvalue weighted by atomic mass is 9.81. The molecule has 2 nitrogen and oxygen atoms in total. The maximum atomic E-state index is 8.93.